The molecule has 2 aromatic rings. The Morgan fingerprint density at radius 1 is 1.17 bits per heavy atom. The molecule has 6 nitrogen and oxygen atoms in total. The minimum Gasteiger partial charge on any atom is -0.507 e. The van der Waals surface area contributed by atoms with Crippen molar-refractivity contribution >= 4 is 17.4 Å². The predicted octanol–water partition coefficient (Wildman–Crippen LogP) is 3.21. The molecule has 0 radical (unpaired) electrons. The first-order chi connectivity index (χ1) is 14.3. The summed E-state index contributed by atoms with van der Waals surface area (Å²) < 4.78 is 19.9. The number of benzene rings is 2. The highest BCUT2D eigenvalue weighted by Gasteiger charge is 2.46. The molecule has 1 aliphatic heterocycles. The topological polar surface area (TPSA) is 70.1 Å². The molecule has 0 saturated carbocycles. The summed E-state index contributed by atoms with van der Waals surface area (Å²) in [5.41, 5.74) is 0.371. The highest BCUT2D eigenvalue weighted by atomic mass is 19.1. The fraction of sp³-hybridized carbons (Fsp3) is 0.304. The van der Waals surface area contributed by atoms with Crippen LogP contribution in [0.1, 0.15) is 23.6 Å². The number of nitrogens with zero attached hydrogens (tertiary/aromatic N) is 2. The molecule has 1 amide bonds. The largest absolute Gasteiger partial charge is 0.507 e. The number of halogens is 1. The van der Waals surface area contributed by atoms with Crippen molar-refractivity contribution in [3.05, 3.63) is 71.0 Å². The quantitative estimate of drug-likeness (QED) is 0.430. The van der Waals surface area contributed by atoms with Crippen molar-refractivity contribution in [2.45, 2.75) is 12.5 Å². The number of methoxy groups -OCH3 is 1. The zero-order valence-corrected chi connectivity index (χ0v) is 17.3. The maximum absolute atomic E-state index is 14.7. The van der Waals surface area contributed by atoms with Crippen LogP contribution in [-0.4, -0.2) is 60.9 Å². The van der Waals surface area contributed by atoms with Gasteiger partial charge in [-0.25, -0.2) is 4.39 Å². The van der Waals surface area contributed by atoms with Crippen LogP contribution in [0.15, 0.2) is 54.1 Å². The number of rotatable bonds is 7. The van der Waals surface area contributed by atoms with Gasteiger partial charge in [0.2, 0.25) is 0 Å². The fourth-order valence-corrected chi connectivity index (χ4v) is 3.61. The number of hydrogen-bond donors (Lipinski definition) is 1. The van der Waals surface area contributed by atoms with Gasteiger partial charge in [0.05, 0.1) is 18.7 Å². The van der Waals surface area contributed by atoms with Crippen molar-refractivity contribution in [1.29, 1.82) is 0 Å². The van der Waals surface area contributed by atoms with E-state index in [0.29, 0.717) is 24.3 Å². The second-order valence-electron chi connectivity index (χ2n) is 7.40. The molecule has 1 aliphatic rings. The standard InChI is InChI=1S/C23H25FN2O4/c1-25(2)12-7-13-26-20(17-10-4-5-11-18(17)24)19(22(28)23(26)29)21(27)15-8-6-9-16(14-15)30-3/h4-6,8-11,14,20,27H,7,12-13H2,1-3H3/b21-19+/t20-/m0/s1. The number of aliphatic hydroxyl groups excluding tert-OH is 1. The van der Waals surface area contributed by atoms with Crippen LogP contribution in [0.25, 0.3) is 5.76 Å². The van der Waals surface area contributed by atoms with Crippen LogP contribution >= 0.6 is 0 Å². The Labute approximate surface area is 175 Å². The van der Waals surface area contributed by atoms with E-state index < -0.39 is 23.5 Å². The fourth-order valence-electron chi connectivity index (χ4n) is 3.61. The lowest BCUT2D eigenvalue weighted by molar-refractivity contribution is -0.140. The third kappa shape index (κ3) is 4.21. The molecule has 1 atom stereocenters. The molecule has 158 valence electrons. The van der Waals surface area contributed by atoms with Gasteiger partial charge in [-0.2, -0.15) is 0 Å². The lowest BCUT2D eigenvalue weighted by Crippen LogP contribution is -2.32. The van der Waals surface area contributed by atoms with E-state index in [1.54, 1.807) is 36.4 Å². The predicted molar refractivity (Wildman–Crippen MR) is 112 cm³/mol. The lowest BCUT2D eigenvalue weighted by atomic mass is 9.95. The van der Waals surface area contributed by atoms with Crippen LogP contribution in [0, 0.1) is 5.82 Å². The molecule has 1 N–H and O–H groups in total. The van der Waals surface area contributed by atoms with Crippen LogP contribution in [0.4, 0.5) is 4.39 Å². The normalized spacial score (nSPS) is 18.3. The summed E-state index contributed by atoms with van der Waals surface area (Å²) in [6.07, 6.45) is 0.601. The maximum Gasteiger partial charge on any atom is 0.295 e. The van der Waals surface area contributed by atoms with Gasteiger partial charge < -0.3 is 19.6 Å². The first-order valence-electron chi connectivity index (χ1n) is 9.67. The number of ether oxygens (including phenoxy) is 1. The Kier molecular flexibility index (Phi) is 6.52. The molecule has 3 rings (SSSR count). The summed E-state index contributed by atoms with van der Waals surface area (Å²) in [6.45, 7) is 0.958. The smallest absolute Gasteiger partial charge is 0.295 e. The van der Waals surface area contributed by atoms with Gasteiger partial charge in [0.25, 0.3) is 11.7 Å². The van der Waals surface area contributed by atoms with Gasteiger partial charge >= 0.3 is 0 Å². The van der Waals surface area contributed by atoms with E-state index in [0.717, 1.165) is 0 Å². The summed E-state index contributed by atoms with van der Waals surface area (Å²) in [6, 6.07) is 11.5. The number of hydrogen-bond acceptors (Lipinski definition) is 5. The second kappa shape index (κ2) is 9.09. The van der Waals surface area contributed by atoms with Gasteiger partial charge in [0, 0.05) is 17.7 Å². The molecule has 0 bridgehead atoms. The highest BCUT2D eigenvalue weighted by molar-refractivity contribution is 6.46. The van der Waals surface area contributed by atoms with E-state index in [2.05, 4.69) is 0 Å². The van der Waals surface area contributed by atoms with E-state index >= 15 is 0 Å². The van der Waals surface area contributed by atoms with E-state index in [1.807, 2.05) is 19.0 Å². The van der Waals surface area contributed by atoms with Crippen molar-refractivity contribution in [2.24, 2.45) is 0 Å². The molecule has 30 heavy (non-hydrogen) atoms. The Morgan fingerprint density at radius 3 is 2.57 bits per heavy atom. The van der Waals surface area contributed by atoms with Gasteiger partial charge in [-0.1, -0.05) is 30.3 Å². The number of likely N-dealkylation sites (tertiary alicyclic amines) is 1. The molecule has 1 saturated heterocycles. The minimum absolute atomic E-state index is 0.122. The van der Waals surface area contributed by atoms with Crippen molar-refractivity contribution in [3.8, 4) is 5.75 Å². The van der Waals surface area contributed by atoms with Crippen LogP contribution < -0.4 is 4.74 Å². The summed E-state index contributed by atoms with van der Waals surface area (Å²) in [5, 5.41) is 11.0. The highest BCUT2D eigenvalue weighted by Crippen LogP contribution is 2.40. The second-order valence-corrected chi connectivity index (χ2v) is 7.40. The van der Waals surface area contributed by atoms with E-state index in [1.165, 1.54) is 24.1 Å². The summed E-state index contributed by atoms with van der Waals surface area (Å²) in [7, 11) is 5.30. The van der Waals surface area contributed by atoms with Gasteiger partial charge in [-0.15, -0.1) is 0 Å². The third-order valence-electron chi connectivity index (χ3n) is 5.09. The molecular formula is C23H25FN2O4. The van der Waals surface area contributed by atoms with Crippen LogP contribution in [0.5, 0.6) is 5.75 Å². The molecule has 0 unspecified atom stereocenters. The van der Waals surface area contributed by atoms with Crippen LogP contribution in [0.3, 0.4) is 0 Å². The average Bonchev–Trinajstić information content (AvgIpc) is 2.98. The Hall–Kier alpha value is -3.19. The van der Waals surface area contributed by atoms with Crippen molar-refractivity contribution in [3.63, 3.8) is 0 Å². The number of carbonyl (C=O) groups is 2. The number of carbonyl (C=O) groups excluding carboxylic acids is 2. The zero-order valence-electron chi connectivity index (χ0n) is 17.3. The summed E-state index contributed by atoms with van der Waals surface area (Å²) >= 11 is 0. The minimum atomic E-state index is -1.00. The Bertz CT molecular complexity index is 987. The lowest BCUT2D eigenvalue weighted by Gasteiger charge is -2.26. The molecule has 7 heteroatoms. The third-order valence-corrected chi connectivity index (χ3v) is 5.09. The average molecular weight is 412 g/mol. The Morgan fingerprint density at radius 2 is 1.90 bits per heavy atom. The number of ketones is 1. The molecule has 0 aromatic heterocycles. The van der Waals surface area contributed by atoms with Gasteiger partial charge in [0.1, 0.15) is 17.3 Å². The maximum atomic E-state index is 14.7. The molecule has 0 aliphatic carbocycles. The first-order valence-corrected chi connectivity index (χ1v) is 9.67. The van der Waals surface area contributed by atoms with Gasteiger partial charge in [-0.3, -0.25) is 9.59 Å². The Balaban J connectivity index is 2.12. The van der Waals surface area contributed by atoms with E-state index in [4.69, 9.17) is 4.74 Å². The number of amides is 1. The van der Waals surface area contributed by atoms with Gasteiger partial charge in [-0.05, 0) is 45.3 Å². The summed E-state index contributed by atoms with van der Waals surface area (Å²) in [5.74, 6) is -1.98. The number of Topliss-reactive ketones (excluding diaryl/α,β-unsaturated/α-hetero) is 1. The van der Waals surface area contributed by atoms with E-state index in [-0.39, 0.29) is 23.4 Å². The monoisotopic (exact) mass is 412 g/mol. The van der Waals surface area contributed by atoms with E-state index in [9.17, 15) is 19.1 Å². The number of aliphatic hydroxyl groups is 1. The van der Waals surface area contributed by atoms with Crippen molar-refractivity contribution in [2.75, 3.05) is 34.3 Å². The molecule has 2 aromatic carbocycles. The first kappa shape index (κ1) is 21.5. The molecular weight excluding hydrogens is 387 g/mol. The van der Waals surface area contributed by atoms with Crippen molar-refractivity contribution < 1.29 is 23.8 Å². The molecule has 1 fully saturated rings. The molecule has 1 heterocycles. The molecule has 0 spiro atoms. The van der Waals surface area contributed by atoms with Crippen molar-refractivity contribution in [1.82, 2.24) is 9.80 Å². The van der Waals surface area contributed by atoms with Crippen LogP contribution in [-0.2, 0) is 9.59 Å². The SMILES string of the molecule is COc1cccc(/C(O)=C2\C(=O)C(=O)N(CCCN(C)C)[C@H]2c2ccccc2F)c1. The van der Waals surface area contributed by atoms with Gasteiger partial charge in [0.15, 0.2) is 0 Å². The summed E-state index contributed by atoms with van der Waals surface area (Å²) in [4.78, 5) is 29.0. The van der Waals surface area contributed by atoms with Crippen LogP contribution in [0.2, 0.25) is 0 Å². The zero-order chi connectivity index (χ0) is 21.8.